The summed E-state index contributed by atoms with van der Waals surface area (Å²) in [4.78, 5) is 27.7. The minimum absolute atomic E-state index is 0.0379. The summed E-state index contributed by atoms with van der Waals surface area (Å²) in [5.74, 6) is -3.82. The highest BCUT2D eigenvalue weighted by atomic mass is 16.7. The number of piperidine rings is 1. The Morgan fingerprint density at radius 2 is 1.82 bits per heavy atom. The number of Topliss-reactive ketones (excluding diaryl/α,β-unsaturated/α-hetero) is 2. The van der Waals surface area contributed by atoms with Crippen molar-refractivity contribution in [1.82, 2.24) is 0 Å². The third-order valence-electron chi connectivity index (χ3n) is 13.3. The summed E-state index contributed by atoms with van der Waals surface area (Å²) in [6.07, 6.45) is 5.58. The van der Waals surface area contributed by atoms with E-state index in [-0.39, 0.29) is 41.2 Å². The van der Waals surface area contributed by atoms with Crippen molar-refractivity contribution in [2.24, 2.45) is 46.7 Å². The number of allylic oxidation sites excluding steroid dienone is 4. The van der Waals surface area contributed by atoms with Gasteiger partial charge in [0.15, 0.2) is 12.1 Å². The topological polar surface area (TPSA) is 196 Å². The zero-order valence-electron chi connectivity index (χ0n) is 26.2. The standard InChI is InChI=1S/C34H50N2O9/c1-17-13-20-25(21(38)14-17)28(40)26-19(27(20)39)5-4-6-22(26)44-30-29(41)34(43)23(7-11-33(16-37,45-30)31(34)42)32(9-2-3-10-32)18-8-12-36-24(35)15-18/h13-14,18-20,22-26,29-31,36-38,41-43H,2-12,15-16,35H2,1H3/p+1/t18?,19?,20-,22?,23+,24?,25+,26?,29+,30+,31-,33-,34+/m1/s1. The quantitative estimate of drug-likeness (QED) is 0.222. The Bertz CT molecular complexity index is 1260. The molecule has 5 aliphatic carbocycles. The van der Waals surface area contributed by atoms with Gasteiger partial charge in [-0.1, -0.05) is 30.9 Å². The van der Waals surface area contributed by atoms with E-state index < -0.39 is 72.0 Å². The average molecular weight is 632 g/mol. The molecule has 0 aromatic heterocycles. The van der Waals surface area contributed by atoms with Gasteiger partial charge in [0.25, 0.3) is 0 Å². The molecular weight excluding hydrogens is 580 g/mol. The summed E-state index contributed by atoms with van der Waals surface area (Å²) in [7, 11) is 0. The summed E-state index contributed by atoms with van der Waals surface area (Å²) in [6.45, 7) is 2.11. The molecule has 9 N–H and O–H groups in total. The number of aliphatic hydroxyl groups is 5. The van der Waals surface area contributed by atoms with E-state index in [0.717, 1.165) is 50.6 Å². The molecule has 2 heterocycles. The molecule has 0 aromatic carbocycles. The van der Waals surface area contributed by atoms with E-state index in [4.69, 9.17) is 15.2 Å². The van der Waals surface area contributed by atoms with Crippen molar-refractivity contribution in [3.05, 3.63) is 23.5 Å². The predicted octanol–water partition coefficient (Wildman–Crippen LogP) is 0.343. The smallest absolute Gasteiger partial charge is 0.187 e. The number of ketones is 2. The molecule has 11 heteroatoms. The highest BCUT2D eigenvalue weighted by Crippen LogP contribution is 2.63. The Balaban J connectivity index is 1.21. The highest BCUT2D eigenvalue weighted by Gasteiger charge is 2.72. The molecule has 7 rings (SSSR count). The van der Waals surface area contributed by atoms with E-state index in [1.54, 1.807) is 13.0 Å². The molecule has 6 fully saturated rings. The number of carbonyl (C=O) groups excluding carboxylic acids is 2. The van der Waals surface area contributed by atoms with Gasteiger partial charge < -0.3 is 40.3 Å². The second kappa shape index (κ2) is 11.5. The Morgan fingerprint density at radius 1 is 1.07 bits per heavy atom. The maximum Gasteiger partial charge on any atom is 0.187 e. The van der Waals surface area contributed by atoms with Crippen molar-refractivity contribution in [3.8, 4) is 0 Å². The zero-order valence-corrected chi connectivity index (χ0v) is 26.2. The van der Waals surface area contributed by atoms with Gasteiger partial charge in [-0.25, -0.2) is 0 Å². The van der Waals surface area contributed by atoms with Crippen LogP contribution in [0.2, 0.25) is 0 Å². The number of nitrogens with two attached hydrogens (primary N) is 2. The molecular formula is C34H51N2O9+. The molecule has 5 unspecified atom stereocenters. The Kier molecular flexibility index (Phi) is 8.13. The SMILES string of the molecule is CC1=C[C@H]2C(=O)C3CCCC(O[C@H]4O[C@@]5(CO)CC[C@@H](C6(C7CC[NH2+]C(N)C7)CCCC6)[C@@](O)([C@@H]5O)[C@H]4O)C3C(=O)[C@@H]2C(O)=C1. The fourth-order valence-corrected chi connectivity index (χ4v) is 11.2. The van der Waals surface area contributed by atoms with Crippen LogP contribution >= 0.6 is 0 Å². The number of fused-ring (bicyclic) bond motifs is 4. The normalized spacial score (nSPS) is 49.5. The van der Waals surface area contributed by atoms with Crippen LogP contribution in [0.5, 0.6) is 0 Å². The minimum atomic E-state index is -2.03. The van der Waals surface area contributed by atoms with Gasteiger partial charge in [0.1, 0.15) is 41.1 Å². The Labute approximate surface area is 264 Å². The number of hydrogen-bond donors (Lipinski definition) is 7. The summed E-state index contributed by atoms with van der Waals surface area (Å²) >= 11 is 0. The number of ether oxygens (including phenoxy) is 2. The fraction of sp³-hybridized carbons (Fsp3) is 0.824. The summed E-state index contributed by atoms with van der Waals surface area (Å²) in [5.41, 5.74) is 3.23. The lowest BCUT2D eigenvalue weighted by atomic mass is 9.50. The van der Waals surface area contributed by atoms with Crippen LogP contribution in [0.4, 0.5) is 0 Å². The van der Waals surface area contributed by atoms with E-state index in [1.807, 2.05) is 0 Å². The molecule has 2 aliphatic heterocycles. The largest absolute Gasteiger partial charge is 0.512 e. The van der Waals surface area contributed by atoms with Crippen LogP contribution in [-0.2, 0) is 19.1 Å². The second-order valence-corrected chi connectivity index (χ2v) is 15.4. The van der Waals surface area contributed by atoms with Crippen LogP contribution in [0.15, 0.2) is 23.5 Å². The number of hydrogen-bond acceptors (Lipinski definition) is 10. The first-order valence-corrected chi connectivity index (χ1v) is 17.2. The van der Waals surface area contributed by atoms with Crippen molar-refractivity contribution in [2.75, 3.05) is 13.2 Å². The zero-order chi connectivity index (χ0) is 31.9. The van der Waals surface area contributed by atoms with Crippen LogP contribution < -0.4 is 11.1 Å². The molecule has 0 spiro atoms. The highest BCUT2D eigenvalue weighted by molar-refractivity contribution is 6.02. The Hall–Kier alpha value is -1.70. The molecule has 2 saturated heterocycles. The number of quaternary nitrogens is 1. The van der Waals surface area contributed by atoms with Crippen molar-refractivity contribution in [1.29, 1.82) is 0 Å². The van der Waals surface area contributed by atoms with Gasteiger partial charge in [-0.3, -0.25) is 15.3 Å². The average Bonchev–Trinajstić information content (AvgIpc) is 3.51. The molecule has 0 amide bonds. The summed E-state index contributed by atoms with van der Waals surface area (Å²) in [5, 5.41) is 60.1. The number of carbonyl (C=O) groups is 2. The maximum absolute atomic E-state index is 14.0. The van der Waals surface area contributed by atoms with Gasteiger partial charge in [0, 0.05) is 18.8 Å². The lowest BCUT2D eigenvalue weighted by Crippen LogP contribution is -2.95. The van der Waals surface area contributed by atoms with Gasteiger partial charge in [0.05, 0.1) is 37.0 Å². The molecule has 4 saturated carbocycles. The lowest BCUT2D eigenvalue weighted by Gasteiger charge is -2.64. The van der Waals surface area contributed by atoms with Gasteiger partial charge in [-0.15, -0.1) is 0 Å². The number of aliphatic hydroxyl groups excluding tert-OH is 4. The molecule has 2 bridgehead atoms. The van der Waals surface area contributed by atoms with Gasteiger partial charge in [-0.2, -0.15) is 0 Å². The second-order valence-electron chi connectivity index (χ2n) is 15.4. The first kappa shape index (κ1) is 31.9. The van der Waals surface area contributed by atoms with Gasteiger partial charge in [0.2, 0.25) is 0 Å². The van der Waals surface area contributed by atoms with Gasteiger partial charge in [-0.05, 0) is 68.8 Å². The fourth-order valence-electron chi connectivity index (χ4n) is 11.2. The molecule has 250 valence electrons. The van der Waals surface area contributed by atoms with Crippen molar-refractivity contribution < 1.29 is 49.9 Å². The molecule has 45 heavy (non-hydrogen) atoms. The van der Waals surface area contributed by atoms with Crippen LogP contribution in [0.1, 0.15) is 77.6 Å². The van der Waals surface area contributed by atoms with Crippen LogP contribution in [0, 0.1) is 40.9 Å². The van der Waals surface area contributed by atoms with Crippen molar-refractivity contribution in [3.63, 3.8) is 0 Å². The van der Waals surface area contributed by atoms with Crippen molar-refractivity contribution >= 4 is 11.6 Å². The van der Waals surface area contributed by atoms with Gasteiger partial charge >= 0.3 is 0 Å². The maximum atomic E-state index is 14.0. The Morgan fingerprint density at radius 3 is 2.53 bits per heavy atom. The predicted molar refractivity (Wildman–Crippen MR) is 160 cm³/mol. The van der Waals surface area contributed by atoms with E-state index >= 15 is 0 Å². The summed E-state index contributed by atoms with van der Waals surface area (Å²) < 4.78 is 12.7. The van der Waals surface area contributed by atoms with E-state index in [1.165, 1.54) is 6.08 Å². The van der Waals surface area contributed by atoms with E-state index in [2.05, 4.69) is 5.32 Å². The monoisotopic (exact) mass is 631 g/mol. The van der Waals surface area contributed by atoms with Crippen LogP contribution in [-0.4, -0.2) is 92.2 Å². The van der Waals surface area contributed by atoms with E-state index in [0.29, 0.717) is 25.7 Å². The molecule has 13 atom stereocenters. The number of rotatable bonds is 5. The lowest BCUT2D eigenvalue weighted by molar-refractivity contribution is -0.700. The van der Waals surface area contributed by atoms with Crippen LogP contribution in [0.25, 0.3) is 0 Å². The minimum Gasteiger partial charge on any atom is -0.512 e. The first-order valence-electron chi connectivity index (χ1n) is 17.2. The third kappa shape index (κ3) is 4.67. The van der Waals surface area contributed by atoms with Crippen LogP contribution in [0.3, 0.4) is 0 Å². The first-order chi connectivity index (χ1) is 21.5. The summed E-state index contributed by atoms with van der Waals surface area (Å²) in [6, 6.07) is 0. The molecule has 11 nitrogen and oxygen atoms in total. The molecule has 0 aromatic rings. The molecule has 7 aliphatic rings. The van der Waals surface area contributed by atoms with E-state index in [9.17, 15) is 35.1 Å². The van der Waals surface area contributed by atoms with Crippen molar-refractivity contribution in [2.45, 2.75) is 120 Å². The third-order valence-corrected chi connectivity index (χ3v) is 13.3. The molecule has 0 radical (unpaired) electrons.